The molecule has 160 valence electrons. The molecule has 1 N–H and O–H groups in total. The summed E-state index contributed by atoms with van der Waals surface area (Å²) in [6.45, 7) is 8.66. The minimum atomic E-state index is -0.112. The van der Waals surface area contributed by atoms with Gasteiger partial charge in [-0.05, 0) is 44.2 Å². The van der Waals surface area contributed by atoms with Crippen molar-refractivity contribution in [3.63, 3.8) is 0 Å². The van der Waals surface area contributed by atoms with Crippen LogP contribution in [0.25, 0.3) is 0 Å². The lowest BCUT2D eigenvalue weighted by molar-refractivity contribution is -0.134. The van der Waals surface area contributed by atoms with Crippen LogP contribution in [-0.4, -0.2) is 72.8 Å². The number of anilines is 1. The van der Waals surface area contributed by atoms with Crippen LogP contribution in [0.2, 0.25) is 0 Å². The van der Waals surface area contributed by atoms with Gasteiger partial charge in [-0.2, -0.15) is 0 Å². The summed E-state index contributed by atoms with van der Waals surface area (Å²) in [5.74, 6) is -0.0325. The summed E-state index contributed by atoms with van der Waals surface area (Å²) in [5, 5.41) is 2.89. The van der Waals surface area contributed by atoms with Gasteiger partial charge in [0.25, 0.3) is 0 Å². The molecule has 6 nitrogen and oxygen atoms in total. The van der Waals surface area contributed by atoms with E-state index >= 15 is 0 Å². The zero-order valence-electron chi connectivity index (χ0n) is 18.2. The van der Waals surface area contributed by atoms with Gasteiger partial charge in [-0.25, -0.2) is 0 Å². The van der Waals surface area contributed by atoms with Crippen LogP contribution in [0.15, 0.2) is 48.5 Å². The maximum atomic E-state index is 12.6. The average molecular weight is 409 g/mol. The SMILES string of the molecule is Cc1cccc(CN2CCN(C(=O)CN(C)CC(=O)Nc3cccc(C)c3)CC2)c1. The molecular formula is C24H32N4O2. The van der Waals surface area contributed by atoms with Crippen molar-refractivity contribution >= 4 is 17.5 Å². The van der Waals surface area contributed by atoms with Crippen LogP contribution in [-0.2, 0) is 16.1 Å². The molecule has 1 heterocycles. The van der Waals surface area contributed by atoms with Crippen LogP contribution < -0.4 is 5.32 Å². The molecule has 0 atom stereocenters. The van der Waals surface area contributed by atoms with Gasteiger partial charge in [0.05, 0.1) is 13.1 Å². The molecule has 6 heteroatoms. The van der Waals surface area contributed by atoms with E-state index in [9.17, 15) is 9.59 Å². The van der Waals surface area contributed by atoms with Crippen LogP contribution in [0.4, 0.5) is 5.69 Å². The first-order valence-electron chi connectivity index (χ1n) is 10.5. The number of carbonyl (C=O) groups is 2. The molecule has 0 aliphatic carbocycles. The van der Waals surface area contributed by atoms with E-state index in [2.05, 4.69) is 41.4 Å². The molecule has 1 aliphatic heterocycles. The molecule has 2 aromatic rings. The van der Waals surface area contributed by atoms with Gasteiger partial charge in [-0.3, -0.25) is 19.4 Å². The Balaban J connectivity index is 1.40. The highest BCUT2D eigenvalue weighted by molar-refractivity contribution is 5.92. The molecule has 30 heavy (non-hydrogen) atoms. The molecule has 1 aliphatic rings. The average Bonchev–Trinajstić information content (AvgIpc) is 2.68. The highest BCUT2D eigenvalue weighted by Crippen LogP contribution is 2.11. The summed E-state index contributed by atoms with van der Waals surface area (Å²) in [4.78, 5) is 30.9. The fourth-order valence-corrected chi connectivity index (χ4v) is 3.78. The molecule has 1 saturated heterocycles. The normalized spacial score (nSPS) is 14.7. The Morgan fingerprint density at radius 3 is 2.27 bits per heavy atom. The second-order valence-corrected chi connectivity index (χ2v) is 8.24. The number of rotatable bonds is 7. The third-order valence-corrected chi connectivity index (χ3v) is 5.33. The molecule has 0 radical (unpaired) electrons. The van der Waals surface area contributed by atoms with E-state index in [0.29, 0.717) is 0 Å². The number of piperazine rings is 1. The van der Waals surface area contributed by atoms with Crippen LogP contribution in [0, 0.1) is 13.8 Å². The van der Waals surface area contributed by atoms with Gasteiger partial charge in [-0.15, -0.1) is 0 Å². The van der Waals surface area contributed by atoms with Gasteiger partial charge >= 0.3 is 0 Å². The van der Waals surface area contributed by atoms with Gasteiger partial charge in [0, 0.05) is 38.4 Å². The van der Waals surface area contributed by atoms with Crippen molar-refractivity contribution in [3.8, 4) is 0 Å². The summed E-state index contributed by atoms with van der Waals surface area (Å²) in [6, 6.07) is 16.3. The van der Waals surface area contributed by atoms with Crippen molar-refractivity contribution in [1.82, 2.24) is 14.7 Å². The predicted octanol–water partition coefficient (Wildman–Crippen LogP) is 2.52. The molecule has 2 amide bonds. The molecule has 3 rings (SSSR count). The molecule has 2 aromatic carbocycles. The summed E-state index contributed by atoms with van der Waals surface area (Å²) in [5.41, 5.74) is 4.47. The van der Waals surface area contributed by atoms with E-state index in [1.54, 1.807) is 4.90 Å². The largest absolute Gasteiger partial charge is 0.339 e. The second kappa shape index (κ2) is 10.4. The third-order valence-electron chi connectivity index (χ3n) is 5.33. The Kier molecular flexibility index (Phi) is 7.60. The monoisotopic (exact) mass is 408 g/mol. The Labute approximate surface area is 179 Å². The molecule has 0 aromatic heterocycles. The fraction of sp³-hybridized carbons (Fsp3) is 0.417. The number of aryl methyl sites for hydroxylation is 2. The van der Waals surface area contributed by atoms with Gasteiger partial charge in [0.2, 0.25) is 11.8 Å². The number of nitrogens with zero attached hydrogens (tertiary/aromatic N) is 3. The van der Waals surface area contributed by atoms with E-state index in [4.69, 9.17) is 0 Å². The van der Waals surface area contributed by atoms with Crippen LogP contribution in [0.3, 0.4) is 0 Å². The number of benzene rings is 2. The summed E-state index contributed by atoms with van der Waals surface area (Å²) in [7, 11) is 1.81. The second-order valence-electron chi connectivity index (χ2n) is 8.24. The van der Waals surface area contributed by atoms with Crippen LogP contribution in [0.5, 0.6) is 0 Å². The van der Waals surface area contributed by atoms with Gasteiger partial charge in [0.15, 0.2) is 0 Å². The fourth-order valence-electron chi connectivity index (χ4n) is 3.78. The molecule has 0 bridgehead atoms. The van der Waals surface area contributed by atoms with E-state index in [1.165, 1.54) is 11.1 Å². The lowest BCUT2D eigenvalue weighted by Gasteiger charge is -2.35. The Morgan fingerprint density at radius 1 is 0.933 bits per heavy atom. The van der Waals surface area contributed by atoms with E-state index in [0.717, 1.165) is 44.0 Å². The molecule has 1 fully saturated rings. The standard InChI is InChI=1S/C24H32N4O2/c1-19-6-4-8-21(14-19)16-27-10-12-28(13-11-27)24(30)18-26(3)17-23(29)25-22-9-5-7-20(2)15-22/h4-9,14-15H,10-13,16-18H2,1-3H3,(H,25,29). The van der Waals surface area contributed by atoms with Gasteiger partial charge in [-0.1, -0.05) is 42.0 Å². The molecule has 0 spiro atoms. The number of likely N-dealkylation sites (N-methyl/N-ethyl adjacent to an activating group) is 1. The zero-order chi connectivity index (χ0) is 21.5. The maximum Gasteiger partial charge on any atom is 0.238 e. The van der Waals surface area contributed by atoms with Crippen molar-refractivity contribution in [2.75, 3.05) is 51.6 Å². The summed E-state index contributed by atoms with van der Waals surface area (Å²) in [6.07, 6.45) is 0. The van der Waals surface area contributed by atoms with Crippen molar-refractivity contribution in [2.24, 2.45) is 0 Å². The predicted molar refractivity (Wildman–Crippen MR) is 120 cm³/mol. The van der Waals surface area contributed by atoms with Crippen molar-refractivity contribution in [2.45, 2.75) is 20.4 Å². The van der Waals surface area contributed by atoms with Crippen molar-refractivity contribution < 1.29 is 9.59 Å². The Hall–Kier alpha value is -2.70. The lowest BCUT2D eigenvalue weighted by Crippen LogP contribution is -2.51. The molecular weight excluding hydrogens is 376 g/mol. The molecule has 0 saturated carbocycles. The van der Waals surface area contributed by atoms with E-state index in [1.807, 2.05) is 43.1 Å². The van der Waals surface area contributed by atoms with Crippen molar-refractivity contribution in [3.05, 3.63) is 65.2 Å². The first-order chi connectivity index (χ1) is 14.4. The third kappa shape index (κ3) is 6.68. The number of amides is 2. The first-order valence-corrected chi connectivity index (χ1v) is 10.5. The van der Waals surface area contributed by atoms with E-state index < -0.39 is 0 Å². The van der Waals surface area contributed by atoms with Crippen LogP contribution >= 0.6 is 0 Å². The summed E-state index contributed by atoms with van der Waals surface area (Å²) < 4.78 is 0. The topological polar surface area (TPSA) is 55.9 Å². The number of nitrogens with one attached hydrogen (secondary N) is 1. The number of hydrogen-bond donors (Lipinski definition) is 1. The Morgan fingerprint density at radius 2 is 1.60 bits per heavy atom. The first kappa shape index (κ1) is 22.0. The lowest BCUT2D eigenvalue weighted by atomic mass is 10.1. The highest BCUT2D eigenvalue weighted by atomic mass is 16.2. The highest BCUT2D eigenvalue weighted by Gasteiger charge is 2.22. The van der Waals surface area contributed by atoms with E-state index in [-0.39, 0.29) is 24.9 Å². The van der Waals surface area contributed by atoms with Crippen molar-refractivity contribution in [1.29, 1.82) is 0 Å². The summed E-state index contributed by atoms with van der Waals surface area (Å²) >= 11 is 0. The van der Waals surface area contributed by atoms with Gasteiger partial charge < -0.3 is 10.2 Å². The van der Waals surface area contributed by atoms with Crippen LogP contribution in [0.1, 0.15) is 16.7 Å². The Bertz CT molecular complexity index is 875. The minimum Gasteiger partial charge on any atom is -0.339 e. The zero-order valence-corrected chi connectivity index (χ0v) is 18.2. The van der Waals surface area contributed by atoms with Gasteiger partial charge in [0.1, 0.15) is 0 Å². The quantitative estimate of drug-likeness (QED) is 0.765. The maximum absolute atomic E-state index is 12.6. The minimum absolute atomic E-state index is 0.0797. The molecule has 0 unspecified atom stereocenters. The smallest absolute Gasteiger partial charge is 0.238 e. The number of hydrogen-bond acceptors (Lipinski definition) is 4. The number of carbonyl (C=O) groups excluding carboxylic acids is 2.